The second-order valence-corrected chi connectivity index (χ2v) is 4.85. The van der Waals surface area contributed by atoms with Crippen LogP contribution in [0.2, 0.25) is 0 Å². The highest BCUT2D eigenvalue weighted by molar-refractivity contribution is 9.10. The highest BCUT2D eigenvalue weighted by atomic mass is 79.9. The van der Waals surface area contributed by atoms with Crippen LogP contribution in [0.5, 0.6) is 0 Å². The zero-order valence-electron chi connectivity index (χ0n) is 8.00. The summed E-state index contributed by atoms with van der Waals surface area (Å²) in [5, 5.41) is 0. The molecule has 0 spiro atoms. The smallest absolute Gasteiger partial charge is 0.163 e. The van der Waals surface area contributed by atoms with Crippen molar-refractivity contribution in [1.82, 2.24) is 0 Å². The van der Waals surface area contributed by atoms with Crippen molar-refractivity contribution in [1.29, 1.82) is 0 Å². The molecule has 0 heterocycles. The molecule has 0 amide bonds. The first-order valence-corrected chi connectivity index (χ1v) is 5.84. The maximum atomic E-state index is 11.8. The van der Waals surface area contributed by atoms with Gasteiger partial charge in [0.2, 0.25) is 0 Å². The lowest BCUT2D eigenvalue weighted by Gasteiger charge is -2.24. The van der Waals surface area contributed by atoms with Crippen molar-refractivity contribution in [2.45, 2.75) is 25.7 Å². The average molecular weight is 253 g/mol. The van der Waals surface area contributed by atoms with Crippen LogP contribution in [-0.2, 0) is 0 Å². The minimum Gasteiger partial charge on any atom is -0.294 e. The summed E-state index contributed by atoms with van der Waals surface area (Å²) in [5.74, 6) is 0.942. The Kier molecular flexibility index (Phi) is 3.02. The molecule has 0 aromatic heterocycles. The highest BCUT2D eigenvalue weighted by Gasteiger charge is 2.21. The van der Waals surface area contributed by atoms with E-state index >= 15 is 0 Å². The van der Waals surface area contributed by atoms with E-state index in [1.165, 1.54) is 19.3 Å². The van der Waals surface area contributed by atoms with E-state index in [4.69, 9.17) is 0 Å². The Balaban J connectivity index is 2.02. The molecule has 1 aliphatic rings. The van der Waals surface area contributed by atoms with Crippen LogP contribution in [0, 0.1) is 5.92 Å². The Morgan fingerprint density at radius 3 is 2.79 bits per heavy atom. The number of benzene rings is 1. The van der Waals surface area contributed by atoms with Crippen molar-refractivity contribution in [3.63, 3.8) is 0 Å². The van der Waals surface area contributed by atoms with Gasteiger partial charge >= 0.3 is 0 Å². The largest absolute Gasteiger partial charge is 0.294 e. The van der Waals surface area contributed by atoms with Gasteiger partial charge in [-0.3, -0.25) is 4.79 Å². The quantitative estimate of drug-likeness (QED) is 0.748. The van der Waals surface area contributed by atoms with Crippen molar-refractivity contribution in [2.24, 2.45) is 5.92 Å². The van der Waals surface area contributed by atoms with Crippen LogP contribution < -0.4 is 0 Å². The number of carbonyl (C=O) groups excluding carboxylic acids is 1. The molecule has 1 fully saturated rings. The van der Waals surface area contributed by atoms with Gasteiger partial charge < -0.3 is 0 Å². The van der Waals surface area contributed by atoms with E-state index in [0.717, 1.165) is 16.5 Å². The molecule has 0 bridgehead atoms. The lowest BCUT2D eigenvalue weighted by atomic mass is 9.81. The van der Waals surface area contributed by atoms with Crippen molar-refractivity contribution < 1.29 is 4.79 Å². The van der Waals surface area contributed by atoms with Crippen LogP contribution >= 0.6 is 15.9 Å². The Morgan fingerprint density at radius 2 is 2.21 bits per heavy atom. The van der Waals surface area contributed by atoms with E-state index in [1.807, 2.05) is 24.3 Å². The molecule has 14 heavy (non-hydrogen) atoms. The first-order valence-electron chi connectivity index (χ1n) is 5.04. The molecular formula is C12H13BrO. The minimum atomic E-state index is 0.288. The Hall–Kier alpha value is -0.630. The third-order valence-corrected chi connectivity index (χ3v) is 3.34. The van der Waals surface area contributed by atoms with Gasteiger partial charge in [0.25, 0.3) is 0 Å². The molecule has 0 unspecified atom stereocenters. The number of halogens is 1. The van der Waals surface area contributed by atoms with Gasteiger partial charge in [0, 0.05) is 16.5 Å². The van der Waals surface area contributed by atoms with E-state index in [2.05, 4.69) is 15.9 Å². The first-order chi connectivity index (χ1) is 6.75. The van der Waals surface area contributed by atoms with Crippen molar-refractivity contribution >= 4 is 21.7 Å². The molecule has 0 saturated heterocycles. The Bertz CT molecular complexity index is 342. The molecular weight excluding hydrogens is 240 g/mol. The van der Waals surface area contributed by atoms with Gasteiger partial charge in [-0.05, 0) is 18.1 Å². The van der Waals surface area contributed by atoms with Crippen LogP contribution in [0.4, 0.5) is 0 Å². The molecule has 0 aliphatic heterocycles. The standard InChI is InChI=1S/C12H13BrO/c13-11-6-2-5-10(8-11)12(14)7-9-3-1-4-9/h2,5-6,8-9H,1,3-4,7H2. The molecule has 1 saturated carbocycles. The summed E-state index contributed by atoms with van der Waals surface area (Å²) < 4.78 is 0.983. The summed E-state index contributed by atoms with van der Waals surface area (Å²) in [6.07, 6.45) is 4.51. The van der Waals surface area contributed by atoms with Gasteiger partial charge in [-0.15, -0.1) is 0 Å². The monoisotopic (exact) mass is 252 g/mol. The van der Waals surface area contributed by atoms with Crippen LogP contribution in [-0.4, -0.2) is 5.78 Å². The molecule has 1 nitrogen and oxygen atoms in total. The highest BCUT2D eigenvalue weighted by Crippen LogP contribution is 2.30. The molecule has 1 aliphatic carbocycles. The topological polar surface area (TPSA) is 17.1 Å². The molecule has 1 aromatic rings. The molecule has 1 aromatic carbocycles. The van der Waals surface area contributed by atoms with Crippen LogP contribution in [0.1, 0.15) is 36.0 Å². The van der Waals surface area contributed by atoms with Crippen molar-refractivity contribution in [3.8, 4) is 0 Å². The third kappa shape index (κ3) is 2.24. The van der Waals surface area contributed by atoms with Crippen molar-refractivity contribution in [3.05, 3.63) is 34.3 Å². The number of carbonyl (C=O) groups is 1. The maximum absolute atomic E-state index is 11.8. The Labute approximate surface area is 92.6 Å². The van der Waals surface area contributed by atoms with Gasteiger partial charge in [0.15, 0.2) is 5.78 Å². The number of hydrogen-bond donors (Lipinski definition) is 0. The SMILES string of the molecule is O=C(CC1CCC1)c1cccc(Br)c1. The summed E-state index contributed by atoms with van der Waals surface area (Å²) in [5.41, 5.74) is 0.839. The van der Waals surface area contributed by atoms with Crippen LogP contribution in [0.15, 0.2) is 28.7 Å². The maximum Gasteiger partial charge on any atom is 0.163 e. The van der Waals surface area contributed by atoms with E-state index < -0.39 is 0 Å². The third-order valence-electron chi connectivity index (χ3n) is 2.85. The van der Waals surface area contributed by atoms with Gasteiger partial charge in [-0.25, -0.2) is 0 Å². The molecule has 0 radical (unpaired) electrons. The fourth-order valence-electron chi connectivity index (χ4n) is 1.74. The predicted octanol–water partition coefficient (Wildman–Crippen LogP) is 3.82. The molecule has 0 atom stereocenters. The summed E-state index contributed by atoms with van der Waals surface area (Å²) in [7, 11) is 0. The summed E-state index contributed by atoms with van der Waals surface area (Å²) in [6.45, 7) is 0. The number of Topliss-reactive ketones (excluding diaryl/α,β-unsaturated/α-hetero) is 1. The van der Waals surface area contributed by atoms with E-state index in [-0.39, 0.29) is 5.78 Å². The van der Waals surface area contributed by atoms with Crippen molar-refractivity contribution in [2.75, 3.05) is 0 Å². The molecule has 0 N–H and O–H groups in total. The molecule has 74 valence electrons. The fraction of sp³-hybridized carbons (Fsp3) is 0.417. The lowest BCUT2D eigenvalue weighted by molar-refractivity contribution is 0.0936. The van der Waals surface area contributed by atoms with Gasteiger partial charge in [0.1, 0.15) is 0 Å². The van der Waals surface area contributed by atoms with Gasteiger partial charge in [-0.2, -0.15) is 0 Å². The Morgan fingerprint density at radius 1 is 1.43 bits per heavy atom. The van der Waals surface area contributed by atoms with Gasteiger partial charge in [-0.1, -0.05) is 47.3 Å². The van der Waals surface area contributed by atoms with E-state index in [9.17, 15) is 4.79 Å². The fourth-order valence-corrected chi connectivity index (χ4v) is 2.14. The van der Waals surface area contributed by atoms with E-state index in [0.29, 0.717) is 5.92 Å². The van der Waals surface area contributed by atoms with Crippen LogP contribution in [0.25, 0.3) is 0 Å². The predicted molar refractivity (Wildman–Crippen MR) is 60.4 cm³/mol. The average Bonchev–Trinajstić information content (AvgIpc) is 2.11. The summed E-state index contributed by atoms with van der Waals surface area (Å²) >= 11 is 3.38. The lowest BCUT2D eigenvalue weighted by Crippen LogP contribution is -2.15. The second kappa shape index (κ2) is 4.26. The molecule has 2 rings (SSSR count). The zero-order valence-corrected chi connectivity index (χ0v) is 9.59. The van der Waals surface area contributed by atoms with Crippen LogP contribution in [0.3, 0.4) is 0 Å². The summed E-state index contributed by atoms with van der Waals surface area (Å²) in [6, 6.07) is 7.66. The first kappa shape index (κ1) is 9.91. The number of hydrogen-bond acceptors (Lipinski definition) is 1. The minimum absolute atomic E-state index is 0.288. The van der Waals surface area contributed by atoms with Gasteiger partial charge in [0.05, 0.1) is 0 Å². The zero-order chi connectivity index (χ0) is 9.97. The normalized spacial score (nSPS) is 16.4. The second-order valence-electron chi connectivity index (χ2n) is 3.93. The number of rotatable bonds is 3. The molecule has 2 heteroatoms. The number of ketones is 1. The summed E-state index contributed by atoms with van der Waals surface area (Å²) in [4.78, 5) is 11.8. The van der Waals surface area contributed by atoms with E-state index in [1.54, 1.807) is 0 Å².